The molecule has 0 aliphatic heterocycles. The van der Waals surface area contributed by atoms with Gasteiger partial charge in [-0.25, -0.2) is 0 Å². The second-order valence-corrected chi connectivity index (χ2v) is 22.8. The van der Waals surface area contributed by atoms with Crippen LogP contribution >= 0.6 is 44.0 Å². The lowest BCUT2D eigenvalue weighted by Crippen LogP contribution is -3.61. The van der Waals surface area contributed by atoms with Gasteiger partial charge in [0.1, 0.15) is 9.79 Å². The molecule has 0 saturated heterocycles. The van der Waals surface area contributed by atoms with Crippen LogP contribution < -0.4 is 21.2 Å². The monoisotopic (exact) mass is 1010 g/mol. The van der Waals surface area contributed by atoms with Gasteiger partial charge in [0.05, 0.1) is 4.90 Å². The molecule has 6 aromatic carbocycles. The van der Waals surface area contributed by atoms with E-state index in [-0.39, 0.29) is 4.90 Å². The third-order valence-electron chi connectivity index (χ3n) is 6.76. The lowest BCUT2D eigenvalue weighted by atomic mass is 10.2. The van der Waals surface area contributed by atoms with Crippen molar-refractivity contribution in [1.29, 1.82) is 0 Å². The second kappa shape index (κ2) is 17.5. The van der Waals surface area contributed by atoms with E-state index in [1.807, 2.05) is 55.5 Å². The lowest BCUT2D eigenvalue weighted by Gasteiger charge is -2.40. The molecule has 0 aliphatic rings. The Labute approximate surface area is 343 Å². The molecule has 6 rings (SSSR count). The van der Waals surface area contributed by atoms with Crippen molar-refractivity contribution in [1.82, 2.24) is 0 Å². The van der Waals surface area contributed by atoms with Gasteiger partial charge in [0.25, 0.3) is 10.1 Å². The number of hydrogen-bond donors (Lipinski definition) is 1. The highest BCUT2D eigenvalue weighted by atomic mass is 127. The predicted molar refractivity (Wildman–Crippen MR) is 209 cm³/mol. The smallest absolute Gasteiger partial charge is 0.282 e. The summed E-state index contributed by atoms with van der Waals surface area (Å²) in [6.45, 7) is 1.84. The summed E-state index contributed by atoms with van der Waals surface area (Å²) in [6.07, 6.45) is 2.08. The van der Waals surface area contributed by atoms with Gasteiger partial charge in [-0.3, -0.25) is 4.55 Å². The van der Waals surface area contributed by atoms with E-state index in [0.29, 0.717) is 32.7 Å². The Balaban J connectivity index is 0.000000215. The molecule has 0 aromatic heterocycles. The van der Waals surface area contributed by atoms with Gasteiger partial charge < -0.3 is 0 Å². The Morgan fingerprint density at radius 2 is 0.825 bits per heavy atom. The topological polar surface area (TPSA) is 54.4 Å². The van der Waals surface area contributed by atoms with E-state index in [1.54, 1.807) is 54.2 Å². The molecule has 0 heterocycles. The van der Waals surface area contributed by atoms with Crippen molar-refractivity contribution < 1.29 is 73.0 Å². The quantitative estimate of drug-likeness (QED) is 0.0713. The van der Waals surface area contributed by atoms with Crippen LogP contribution in [-0.4, -0.2) is 19.2 Å². The summed E-state index contributed by atoms with van der Waals surface area (Å²) in [4.78, 5) is -1.15. The zero-order valence-electron chi connectivity index (χ0n) is 29.6. The first-order valence-corrected chi connectivity index (χ1v) is 25.3. The summed E-state index contributed by atoms with van der Waals surface area (Å²) >= 11 is 2.32. The largest absolute Gasteiger partial charge is 0.357 e. The molecule has 0 saturated carbocycles. The zero-order valence-corrected chi connectivity index (χ0v) is 35.8. The van der Waals surface area contributed by atoms with Gasteiger partial charge in [0, 0.05) is 14.7 Å². The minimum Gasteiger partial charge on any atom is -0.282 e. The molecule has 6 aromatic rings. The van der Waals surface area contributed by atoms with E-state index in [2.05, 4.69) is 18.4 Å². The summed E-state index contributed by atoms with van der Waals surface area (Å²) in [5.74, 6) is 0. The van der Waals surface area contributed by atoms with Crippen molar-refractivity contribution in [3.63, 3.8) is 0 Å². The third-order valence-corrected chi connectivity index (χ3v) is 14.4. The van der Waals surface area contributed by atoms with Crippen LogP contribution in [0.2, 0.25) is 0 Å². The standard InChI is InChI=1S/C12H9F5IS.C12H9F5S2.C7H8O3S.C7H8S/c2*13-19(14,15,16,17)12-8-6-11(7-9-12)18-10-4-2-1-3-5-10;1-6-2-4-7(5-3-6)11(8,9)10;1-8-7-5-3-2-4-6-7/h2*1-9H;2-5H,1H3,(H,8,9,10);2-6H,1H3/q+1;;;. The molecule has 3 nitrogen and oxygen atoms in total. The lowest BCUT2D eigenvalue weighted by molar-refractivity contribution is -0.597. The molecule has 310 valence electrons. The Bertz CT molecular complexity index is 2180. The Hall–Kier alpha value is -3.34. The minimum atomic E-state index is -9.56. The van der Waals surface area contributed by atoms with Crippen molar-refractivity contribution in [3.8, 4) is 0 Å². The summed E-state index contributed by atoms with van der Waals surface area (Å²) in [7, 11) is -23.1. The van der Waals surface area contributed by atoms with Crippen LogP contribution in [0.4, 0.5) is 38.9 Å². The van der Waals surface area contributed by atoms with Crippen LogP contribution in [-0.2, 0) is 10.1 Å². The number of halogens is 11. The van der Waals surface area contributed by atoms with E-state index in [1.165, 1.54) is 28.8 Å². The zero-order chi connectivity index (χ0) is 42.7. The Morgan fingerprint density at radius 3 is 1.19 bits per heavy atom. The highest BCUT2D eigenvalue weighted by molar-refractivity contribution is 8.46. The molecule has 57 heavy (non-hydrogen) atoms. The van der Waals surface area contributed by atoms with Gasteiger partial charge in [0.15, 0.2) is 7.14 Å². The average molecular weight is 1020 g/mol. The van der Waals surface area contributed by atoms with Gasteiger partial charge in [0.2, 0.25) is 0 Å². The fourth-order valence-corrected chi connectivity index (χ4v) is 9.28. The molecule has 0 fully saturated rings. The van der Waals surface area contributed by atoms with Gasteiger partial charge >= 0.3 is 41.7 Å². The highest BCUT2D eigenvalue weighted by Crippen LogP contribution is 3.02. The number of thioether (sulfide) groups is 1. The van der Waals surface area contributed by atoms with Gasteiger partial charge in [-0.1, -0.05) is 123 Å². The normalized spacial score (nSPS) is 13.9. The molecule has 0 atom stereocenters. The SMILES string of the molecule is CSc1ccccc1.Cc1ccc(S(=O)(=O)O)cc1.FS(F)(F)(F)(F)c1ccc(Sc2ccccc2)cc1.FS(F)(F)(F)(F)c1ccc([I+]c2ccccc2)cc1. The van der Waals surface area contributed by atoms with Crippen LogP contribution in [0.25, 0.3) is 0 Å². The number of hydrogen-bond acceptors (Lipinski definition) is 4. The third kappa shape index (κ3) is 18.0. The van der Waals surface area contributed by atoms with Crippen LogP contribution in [0.1, 0.15) is 5.56 Å². The molecule has 0 unspecified atom stereocenters. The Kier molecular flexibility index (Phi) is 14.7. The van der Waals surface area contributed by atoms with Crippen LogP contribution in [0, 0.1) is 14.1 Å². The van der Waals surface area contributed by atoms with Crippen LogP contribution in [0.3, 0.4) is 0 Å². The minimum absolute atomic E-state index is 0.0666. The molecule has 1 N–H and O–H groups in total. The maximum Gasteiger partial charge on any atom is 0.357 e. The van der Waals surface area contributed by atoms with Gasteiger partial charge in [-0.15, -0.1) is 11.8 Å². The van der Waals surface area contributed by atoms with E-state index < -0.39 is 61.6 Å². The van der Waals surface area contributed by atoms with E-state index in [0.717, 1.165) is 38.3 Å². The van der Waals surface area contributed by atoms with Crippen molar-refractivity contribution >= 4 is 54.1 Å². The molecular weight excluding hydrogens is 982 g/mol. The molecular formula is C38H34F10IO3S5+. The molecule has 0 bridgehead atoms. The first-order chi connectivity index (χ1) is 26.0. The van der Waals surface area contributed by atoms with E-state index >= 15 is 0 Å². The number of benzene rings is 6. The number of rotatable bonds is 8. The summed E-state index contributed by atoms with van der Waals surface area (Å²) in [5, 5.41) is 0. The molecule has 0 aliphatic carbocycles. The first kappa shape index (κ1) is 48.0. The second-order valence-electron chi connectivity index (χ2n) is 11.5. The van der Waals surface area contributed by atoms with Crippen molar-refractivity contribution in [2.45, 2.75) is 36.3 Å². The van der Waals surface area contributed by atoms with E-state index in [4.69, 9.17) is 4.55 Å². The Morgan fingerprint density at radius 1 is 0.474 bits per heavy atom. The summed E-state index contributed by atoms with van der Waals surface area (Å²) in [5.41, 5.74) is 0.956. The molecule has 0 amide bonds. The van der Waals surface area contributed by atoms with Gasteiger partial charge in [-0.2, -0.15) is 8.42 Å². The summed E-state index contributed by atoms with van der Waals surface area (Å²) in [6, 6.07) is 40.6. The van der Waals surface area contributed by atoms with Crippen LogP contribution in [0.15, 0.2) is 193 Å². The molecule has 19 heteroatoms. The van der Waals surface area contributed by atoms with E-state index in [9.17, 15) is 47.3 Å². The first-order valence-electron chi connectivity index (χ1n) is 15.8. The van der Waals surface area contributed by atoms with Crippen molar-refractivity contribution in [2.75, 3.05) is 6.26 Å². The van der Waals surface area contributed by atoms with Crippen molar-refractivity contribution in [2.24, 2.45) is 0 Å². The molecule has 0 radical (unpaired) electrons. The van der Waals surface area contributed by atoms with Crippen molar-refractivity contribution in [3.05, 3.63) is 176 Å². The van der Waals surface area contributed by atoms with Gasteiger partial charge in [-0.05, 0) is 110 Å². The predicted octanol–water partition coefficient (Wildman–Crippen LogP) is 12.6. The summed E-state index contributed by atoms with van der Waals surface area (Å²) < 4.78 is 156. The fraction of sp³-hybridized carbons (Fsp3) is 0.0526. The maximum atomic E-state index is 12.5. The maximum absolute atomic E-state index is 12.5. The average Bonchev–Trinajstić information content (AvgIpc) is 3.12. The number of aryl methyl sites for hydroxylation is 1. The fourth-order valence-electron chi connectivity index (χ4n) is 4.01. The highest BCUT2D eigenvalue weighted by Gasteiger charge is 2.66. The molecule has 0 spiro atoms. The van der Waals surface area contributed by atoms with Crippen LogP contribution in [0.5, 0.6) is 0 Å².